The number of methoxy groups -OCH3 is 1. The van der Waals surface area contributed by atoms with E-state index in [2.05, 4.69) is 15.0 Å². The minimum atomic E-state index is 0.660. The second kappa shape index (κ2) is 5.21. The second-order valence-electron chi connectivity index (χ2n) is 3.50. The van der Waals surface area contributed by atoms with Gasteiger partial charge in [-0.3, -0.25) is 0 Å². The van der Waals surface area contributed by atoms with Gasteiger partial charge in [0.25, 0.3) is 0 Å². The summed E-state index contributed by atoms with van der Waals surface area (Å²) in [7, 11) is 1.65. The lowest BCUT2D eigenvalue weighted by Crippen LogP contribution is -1.92. The van der Waals surface area contributed by atoms with Gasteiger partial charge in [-0.15, -0.1) is 0 Å². The van der Waals surface area contributed by atoms with E-state index >= 15 is 0 Å². The maximum atomic E-state index is 5.09. The van der Waals surface area contributed by atoms with Gasteiger partial charge in [0.05, 0.1) is 7.11 Å². The van der Waals surface area contributed by atoms with Crippen LogP contribution in [0.25, 0.3) is 12.2 Å². The minimum absolute atomic E-state index is 0.660. The van der Waals surface area contributed by atoms with Gasteiger partial charge in [0, 0.05) is 0 Å². The molecule has 0 saturated heterocycles. The van der Waals surface area contributed by atoms with E-state index in [1.165, 1.54) is 6.33 Å². The van der Waals surface area contributed by atoms with Crippen LogP contribution in [-0.2, 0) is 0 Å². The molecule has 0 bridgehead atoms. The number of nitrogens with zero attached hydrogens (tertiary/aromatic N) is 3. The standard InChI is InChI=1S/C13H13N3O/c1-10-14-9-15-13(16-10)8-5-11-3-6-12(17-2)7-4-11/h3-9H,1-2H3. The molecular weight excluding hydrogens is 214 g/mol. The fraction of sp³-hybridized carbons (Fsp3) is 0.154. The molecule has 0 unspecified atom stereocenters. The van der Waals surface area contributed by atoms with Crippen LogP contribution >= 0.6 is 0 Å². The van der Waals surface area contributed by atoms with Crippen LogP contribution in [0.3, 0.4) is 0 Å². The first kappa shape index (κ1) is 11.3. The average Bonchev–Trinajstić information content (AvgIpc) is 2.37. The van der Waals surface area contributed by atoms with Gasteiger partial charge in [0.15, 0.2) is 5.82 Å². The third-order valence-electron chi connectivity index (χ3n) is 2.25. The molecule has 0 spiro atoms. The van der Waals surface area contributed by atoms with Gasteiger partial charge < -0.3 is 4.74 Å². The van der Waals surface area contributed by atoms with Crippen LogP contribution in [0.15, 0.2) is 30.6 Å². The van der Waals surface area contributed by atoms with Crippen molar-refractivity contribution in [2.45, 2.75) is 6.92 Å². The molecule has 4 nitrogen and oxygen atoms in total. The summed E-state index contributed by atoms with van der Waals surface area (Å²) in [6, 6.07) is 7.78. The Morgan fingerprint density at radius 2 is 1.82 bits per heavy atom. The van der Waals surface area contributed by atoms with E-state index in [0.717, 1.165) is 17.1 Å². The molecular formula is C13H13N3O. The highest BCUT2D eigenvalue weighted by atomic mass is 16.5. The van der Waals surface area contributed by atoms with Crippen molar-refractivity contribution in [3.63, 3.8) is 0 Å². The molecule has 0 aliphatic heterocycles. The van der Waals surface area contributed by atoms with Crippen LogP contribution in [0.4, 0.5) is 0 Å². The van der Waals surface area contributed by atoms with Crippen molar-refractivity contribution in [1.82, 2.24) is 15.0 Å². The summed E-state index contributed by atoms with van der Waals surface area (Å²) in [5.74, 6) is 2.22. The molecule has 1 aromatic carbocycles. The second-order valence-corrected chi connectivity index (χ2v) is 3.50. The normalized spacial score (nSPS) is 10.7. The van der Waals surface area contributed by atoms with E-state index in [1.807, 2.05) is 43.3 Å². The molecule has 4 heteroatoms. The van der Waals surface area contributed by atoms with E-state index in [1.54, 1.807) is 7.11 Å². The molecule has 0 saturated carbocycles. The fourth-order valence-electron chi connectivity index (χ4n) is 1.36. The van der Waals surface area contributed by atoms with Crippen LogP contribution in [-0.4, -0.2) is 22.1 Å². The van der Waals surface area contributed by atoms with Crippen LogP contribution in [0, 0.1) is 6.92 Å². The molecule has 0 atom stereocenters. The van der Waals surface area contributed by atoms with E-state index < -0.39 is 0 Å². The zero-order valence-electron chi connectivity index (χ0n) is 9.79. The van der Waals surface area contributed by atoms with Crippen molar-refractivity contribution in [3.8, 4) is 5.75 Å². The summed E-state index contributed by atoms with van der Waals surface area (Å²) in [6.07, 6.45) is 5.32. The Morgan fingerprint density at radius 1 is 1.06 bits per heavy atom. The number of ether oxygens (including phenoxy) is 1. The lowest BCUT2D eigenvalue weighted by Gasteiger charge is -1.99. The number of hydrogen-bond donors (Lipinski definition) is 0. The molecule has 0 fully saturated rings. The Balaban J connectivity index is 2.14. The smallest absolute Gasteiger partial charge is 0.155 e. The average molecular weight is 227 g/mol. The third-order valence-corrected chi connectivity index (χ3v) is 2.25. The van der Waals surface area contributed by atoms with Crippen molar-refractivity contribution in [3.05, 3.63) is 47.8 Å². The highest BCUT2D eigenvalue weighted by Gasteiger charge is 1.93. The first-order valence-electron chi connectivity index (χ1n) is 5.26. The van der Waals surface area contributed by atoms with Gasteiger partial charge in [0.1, 0.15) is 17.9 Å². The van der Waals surface area contributed by atoms with E-state index in [0.29, 0.717) is 5.82 Å². The van der Waals surface area contributed by atoms with E-state index in [9.17, 15) is 0 Å². The Kier molecular flexibility index (Phi) is 3.45. The molecule has 86 valence electrons. The predicted octanol–water partition coefficient (Wildman–Crippen LogP) is 2.36. The molecule has 0 radical (unpaired) electrons. The fourth-order valence-corrected chi connectivity index (χ4v) is 1.36. The van der Waals surface area contributed by atoms with Crippen molar-refractivity contribution in [2.24, 2.45) is 0 Å². The Bertz CT molecular complexity index is 520. The molecule has 0 amide bonds. The molecule has 0 aliphatic rings. The minimum Gasteiger partial charge on any atom is -0.497 e. The third kappa shape index (κ3) is 3.11. The van der Waals surface area contributed by atoms with Gasteiger partial charge in [-0.2, -0.15) is 0 Å². The van der Waals surface area contributed by atoms with Gasteiger partial charge in [-0.25, -0.2) is 15.0 Å². The van der Waals surface area contributed by atoms with Crippen LogP contribution in [0.2, 0.25) is 0 Å². The number of aromatic nitrogens is 3. The summed E-state index contributed by atoms with van der Waals surface area (Å²) >= 11 is 0. The maximum absolute atomic E-state index is 5.09. The van der Waals surface area contributed by atoms with Gasteiger partial charge in [-0.1, -0.05) is 18.2 Å². The summed E-state index contributed by atoms with van der Waals surface area (Å²) in [4.78, 5) is 12.2. The summed E-state index contributed by atoms with van der Waals surface area (Å²) in [6.45, 7) is 1.84. The highest BCUT2D eigenvalue weighted by Crippen LogP contribution is 2.12. The summed E-state index contributed by atoms with van der Waals surface area (Å²) in [5.41, 5.74) is 1.07. The summed E-state index contributed by atoms with van der Waals surface area (Å²) in [5, 5.41) is 0. The molecule has 0 aliphatic carbocycles. The highest BCUT2D eigenvalue weighted by molar-refractivity contribution is 5.66. The monoisotopic (exact) mass is 227 g/mol. The van der Waals surface area contributed by atoms with Gasteiger partial charge in [-0.05, 0) is 30.7 Å². The topological polar surface area (TPSA) is 47.9 Å². The lowest BCUT2D eigenvalue weighted by molar-refractivity contribution is 0.415. The molecule has 1 aromatic heterocycles. The van der Waals surface area contributed by atoms with Crippen LogP contribution in [0.1, 0.15) is 17.2 Å². The number of aryl methyl sites for hydroxylation is 1. The summed E-state index contributed by atoms with van der Waals surface area (Å²) < 4.78 is 5.09. The van der Waals surface area contributed by atoms with Crippen molar-refractivity contribution >= 4 is 12.2 Å². The molecule has 17 heavy (non-hydrogen) atoms. The van der Waals surface area contributed by atoms with E-state index in [4.69, 9.17) is 4.74 Å². The number of rotatable bonds is 3. The first-order valence-corrected chi connectivity index (χ1v) is 5.26. The van der Waals surface area contributed by atoms with Crippen molar-refractivity contribution in [1.29, 1.82) is 0 Å². The largest absolute Gasteiger partial charge is 0.497 e. The molecule has 2 aromatic rings. The predicted molar refractivity (Wildman–Crippen MR) is 66.5 cm³/mol. The van der Waals surface area contributed by atoms with Gasteiger partial charge >= 0.3 is 0 Å². The van der Waals surface area contributed by atoms with Crippen molar-refractivity contribution in [2.75, 3.05) is 7.11 Å². The molecule has 1 heterocycles. The Labute approximate surface area is 100 Å². The van der Waals surface area contributed by atoms with Gasteiger partial charge in [0.2, 0.25) is 0 Å². The maximum Gasteiger partial charge on any atom is 0.155 e. The molecule has 0 N–H and O–H groups in total. The van der Waals surface area contributed by atoms with Crippen molar-refractivity contribution < 1.29 is 4.74 Å². The number of hydrogen-bond acceptors (Lipinski definition) is 4. The first-order chi connectivity index (χ1) is 8.28. The Hall–Kier alpha value is -2.23. The quantitative estimate of drug-likeness (QED) is 0.807. The van der Waals surface area contributed by atoms with Crippen LogP contribution < -0.4 is 4.74 Å². The SMILES string of the molecule is COc1ccc(C=Cc2ncnc(C)n2)cc1. The Morgan fingerprint density at radius 3 is 2.47 bits per heavy atom. The number of benzene rings is 1. The zero-order chi connectivity index (χ0) is 12.1. The van der Waals surface area contributed by atoms with Crippen LogP contribution in [0.5, 0.6) is 5.75 Å². The zero-order valence-corrected chi connectivity index (χ0v) is 9.79. The molecule has 2 rings (SSSR count). The van der Waals surface area contributed by atoms with E-state index in [-0.39, 0.29) is 0 Å². The lowest BCUT2D eigenvalue weighted by atomic mass is 10.2.